The van der Waals surface area contributed by atoms with E-state index >= 15 is 0 Å². The van der Waals surface area contributed by atoms with Crippen LogP contribution in [-0.2, 0) is 25.4 Å². The first kappa shape index (κ1) is 19.0. The zero-order chi connectivity index (χ0) is 21.0. The molecule has 11 nitrogen and oxygen atoms in total. The number of nitrogens with zero attached hydrogens (tertiary/aromatic N) is 5. The van der Waals surface area contributed by atoms with Gasteiger partial charge in [-0.2, -0.15) is 0 Å². The molecule has 1 N–H and O–H groups in total. The Balaban J connectivity index is 1.69. The van der Waals surface area contributed by atoms with Gasteiger partial charge in [0, 0.05) is 33.7 Å². The van der Waals surface area contributed by atoms with Crippen molar-refractivity contribution in [3.8, 4) is 0 Å². The first-order chi connectivity index (χ1) is 13.8. The Morgan fingerprint density at radius 2 is 1.83 bits per heavy atom. The third-order valence-corrected chi connectivity index (χ3v) is 5.55. The number of imide groups is 1. The largest absolute Gasteiger partial charge is 0.333 e. The van der Waals surface area contributed by atoms with E-state index < -0.39 is 17.3 Å². The van der Waals surface area contributed by atoms with Gasteiger partial charge in [0.1, 0.15) is 11.3 Å². The van der Waals surface area contributed by atoms with Crippen molar-refractivity contribution in [1.29, 1.82) is 0 Å². The molecule has 2 aromatic rings. The Morgan fingerprint density at radius 1 is 1.14 bits per heavy atom. The molecule has 4 rings (SSSR count). The standard InChI is InChI=1S/C18H22N6O5/c1-4-5-23-12(6-11-14(23)20(2)18(29)21(3)15(11)26)16(27)22-8-10(9-22)24-13(25)7-19-17(24)28/h6,10H,4-5,7-9H2,1-3H3,(H,19,28). The number of hydrogen-bond acceptors (Lipinski definition) is 5. The fourth-order valence-electron chi connectivity index (χ4n) is 4.02. The lowest BCUT2D eigenvalue weighted by Gasteiger charge is -2.42. The van der Waals surface area contributed by atoms with Crippen LogP contribution in [0.4, 0.5) is 4.79 Å². The van der Waals surface area contributed by atoms with Crippen LogP contribution in [-0.4, -0.2) is 67.0 Å². The average molecular weight is 402 g/mol. The minimum Gasteiger partial charge on any atom is -0.333 e. The molecule has 0 unspecified atom stereocenters. The van der Waals surface area contributed by atoms with Crippen molar-refractivity contribution in [2.24, 2.45) is 14.1 Å². The molecule has 2 saturated heterocycles. The first-order valence-corrected chi connectivity index (χ1v) is 9.44. The van der Waals surface area contributed by atoms with Crippen LogP contribution < -0.4 is 16.6 Å². The molecule has 0 bridgehead atoms. The molecule has 11 heteroatoms. The number of amides is 4. The van der Waals surface area contributed by atoms with Crippen molar-refractivity contribution in [3.63, 3.8) is 0 Å². The summed E-state index contributed by atoms with van der Waals surface area (Å²) in [7, 11) is 2.97. The lowest BCUT2D eigenvalue weighted by atomic mass is 10.1. The minimum atomic E-state index is -0.459. The van der Waals surface area contributed by atoms with Crippen LogP contribution in [0, 0.1) is 0 Å². The van der Waals surface area contributed by atoms with Gasteiger partial charge in [-0.1, -0.05) is 6.92 Å². The Kier molecular flexibility index (Phi) is 4.32. The number of aryl methyl sites for hydroxylation is 2. The van der Waals surface area contributed by atoms with Crippen molar-refractivity contribution in [2.45, 2.75) is 25.9 Å². The molecule has 0 radical (unpaired) electrons. The summed E-state index contributed by atoms with van der Waals surface area (Å²) in [5.74, 6) is -0.599. The molecule has 0 aliphatic carbocycles. The fourth-order valence-corrected chi connectivity index (χ4v) is 4.02. The molecule has 0 atom stereocenters. The van der Waals surface area contributed by atoms with Crippen molar-refractivity contribution in [1.82, 2.24) is 28.8 Å². The number of fused-ring (bicyclic) bond motifs is 1. The Morgan fingerprint density at radius 3 is 2.41 bits per heavy atom. The second-order valence-corrected chi connectivity index (χ2v) is 7.41. The topological polar surface area (TPSA) is 119 Å². The van der Waals surface area contributed by atoms with E-state index in [1.165, 1.54) is 22.6 Å². The Labute approximate surface area is 165 Å². The van der Waals surface area contributed by atoms with E-state index in [0.29, 0.717) is 29.7 Å². The van der Waals surface area contributed by atoms with Crippen LogP contribution in [0.15, 0.2) is 15.7 Å². The molecule has 0 saturated carbocycles. The van der Waals surface area contributed by atoms with E-state index in [1.54, 1.807) is 11.6 Å². The molecule has 2 aliphatic rings. The van der Waals surface area contributed by atoms with Gasteiger partial charge in [-0.3, -0.25) is 28.4 Å². The summed E-state index contributed by atoms with van der Waals surface area (Å²) in [6.45, 7) is 2.86. The van der Waals surface area contributed by atoms with Crippen LogP contribution >= 0.6 is 0 Å². The second kappa shape index (κ2) is 6.61. The zero-order valence-corrected chi connectivity index (χ0v) is 16.5. The summed E-state index contributed by atoms with van der Waals surface area (Å²) < 4.78 is 4.08. The van der Waals surface area contributed by atoms with Gasteiger partial charge in [0.25, 0.3) is 11.5 Å². The maximum atomic E-state index is 13.1. The predicted molar refractivity (Wildman–Crippen MR) is 103 cm³/mol. The third kappa shape index (κ3) is 2.68. The molecule has 4 heterocycles. The molecule has 154 valence electrons. The van der Waals surface area contributed by atoms with Crippen LogP contribution in [0.1, 0.15) is 23.8 Å². The Hall–Kier alpha value is -3.37. The van der Waals surface area contributed by atoms with Crippen molar-refractivity contribution >= 4 is 28.9 Å². The van der Waals surface area contributed by atoms with Gasteiger partial charge < -0.3 is 14.8 Å². The monoisotopic (exact) mass is 402 g/mol. The van der Waals surface area contributed by atoms with Gasteiger partial charge in [0.2, 0.25) is 5.91 Å². The summed E-state index contributed by atoms with van der Waals surface area (Å²) in [6, 6.07) is 0.733. The smallest absolute Gasteiger partial charge is 0.332 e. The number of nitrogens with one attached hydrogen (secondary N) is 1. The van der Waals surface area contributed by atoms with E-state index in [-0.39, 0.29) is 37.5 Å². The normalized spacial score (nSPS) is 17.2. The highest BCUT2D eigenvalue weighted by Crippen LogP contribution is 2.23. The molecule has 4 amide bonds. The minimum absolute atomic E-state index is 0.0225. The summed E-state index contributed by atoms with van der Waals surface area (Å²) in [6.07, 6.45) is 0.707. The summed E-state index contributed by atoms with van der Waals surface area (Å²) in [5, 5.41) is 2.77. The van der Waals surface area contributed by atoms with E-state index in [9.17, 15) is 24.0 Å². The molecular weight excluding hydrogens is 380 g/mol. The van der Waals surface area contributed by atoms with E-state index in [1.807, 2.05) is 6.92 Å². The Bertz CT molecular complexity index is 1150. The van der Waals surface area contributed by atoms with Crippen LogP contribution in [0.5, 0.6) is 0 Å². The quantitative estimate of drug-likeness (QED) is 0.646. The van der Waals surface area contributed by atoms with E-state index in [0.717, 1.165) is 9.47 Å². The fraction of sp³-hybridized carbons (Fsp3) is 0.500. The highest BCUT2D eigenvalue weighted by atomic mass is 16.2. The molecule has 29 heavy (non-hydrogen) atoms. The molecular formula is C18H22N6O5. The SMILES string of the molecule is CCCn1c(C(=O)N2CC(N3C(=O)CNC3=O)C2)cc2c(=O)n(C)c(=O)n(C)c21. The maximum absolute atomic E-state index is 13.1. The van der Waals surface area contributed by atoms with Gasteiger partial charge in [0.05, 0.1) is 18.0 Å². The molecule has 0 aromatic carbocycles. The highest BCUT2D eigenvalue weighted by Gasteiger charge is 2.43. The maximum Gasteiger partial charge on any atom is 0.332 e. The van der Waals surface area contributed by atoms with Crippen molar-refractivity contribution in [3.05, 3.63) is 32.6 Å². The van der Waals surface area contributed by atoms with Gasteiger partial charge in [0.15, 0.2) is 0 Å². The number of hydrogen-bond donors (Lipinski definition) is 1. The summed E-state index contributed by atoms with van der Waals surface area (Å²) in [4.78, 5) is 64.3. The van der Waals surface area contributed by atoms with Gasteiger partial charge in [-0.25, -0.2) is 9.59 Å². The summed E-state index contributed by atoms with van der Waals surface area (Å²) >= 11 is 0. The number of aromatic nitrogens is 3. The van der Waals surface area contributed by atoms with Gasteiger partial charge >= 0.3 is 11.7 Å². The van der Waals surface area contributed by atoms with Crippen molar-refractivity contribution in [2.75, 3.05) is 19.6 Å². The number of carbonyl (C=O) groups is 3. The molecule has 0 spiro atoms. The van der Waals surface area contributed by atoms with Gasteiger partial charge in [-0.05, 0) is 12.5 Å². The van der Waals surface area contributed by atoms with Gasteiger partial charge in [-0.15, -0.1) is 0 Å². The molecule has 2 aromatic heterocycles. The third-order valence-electron chi connectivity index (χ3n) is 5.55. The van der Waals surface area contributed by atoms with Crippen LogP contribution in [0.3, 0.4) is 0 Å². The zero-order valence-electron chi connectivity index (χ0n) is 16.5. The van der Waals surface area contributed by atoms with Crippen LogP contribution in [0.2, 0.25) is 0 Å². The number of carbonyl (C=O) groups excluding carboxylic acids is 3. The molecule has 2 aliphatic heterocycles. The van der Waals surface area contributed by atoms with E-state index in [2.05, 4.69) is 5.32 Å². The summed E-state index contributed by atoms with van der Waals surface area (Å²) in [5.41, 5.74) is -0.183. The number of urea groups is 1. The van der Waals surface area contributed by atoms with Crippen LogP contribution in [0.25, 0.3) is 11.0 Å². The lowest BCUT2D eigenvalue weighted by Crippen LogP contribution is -2.62. The van der Waals surface area contributed by atoms with Crippen molar-refractivity contribution < 1.29 is 14.4 Å². The molecule has 2 fully saturated rings. The number of rotatable bonds is 4. The highest BCUT2D eigenvalue weighted by molar-refractivity contribution is 6.03. The lowest BCUT2D eigenvalue weighted by molar-refractivity contribution is -0.128. The second-order valence-electron chi connectivity index (χ2n) is 7.41. The van der Waals surface area contributed by atoms with E-state index in [4.69, 9.17) is 0 Å². The number of likely N-dealkylation sites (tertiary alicyclic amines) is 1. The average Bonchev–Trinajstić information content (AvgIpc) is 3.19. The first-order valence-electron chi connectivity index (χ1n) is 9.44. The predicted octanol–water partition coefficient (Wildman–Crippen LogP) is -1.18.